The molecule has 1 heterocycles. The van der Waals surface area contributed by atoms with Gasteiger partial charge in [0, 0.05) is 30.1 Å². The first-order chi connectivity index (χ1) is 7.37. The van der Waals surface area contributed by atoms with Gasteiger partial charge in [-0.1, -0.05) is 11.6 Å². The second kappa shape index (κ2) is 6.01. The first-order valence-electron chi connectivity index (χ1n) is 5.54. The van der Waals surface area contributed by atoms with Crippen LogP contribution in [0.15, 0.2) is 12.1 Å². The molecule has 0 aliphatic heterocycles. The molecule has 16 heavy (non-hydrogen) atoms. The number of rotatable bonds is 5. The third-order valence-electron chi connectivity index (χ3n) is 2.20. The number of nitrogens with zero attached hydrogens (tertiary/aromatic N) is 1. The van der Waals surface area contributed by atoms with Crippen molar-refractivity contribution >= 4 is 22.9 Å². The monoisotopic (exact) mass is 260 g/mol. The number of hydrogen-bond acceptors (Lipinski definition) is 3. The predicted molar refractivity (Wildman–Crippen MR) is 73.4 cm³/mol. The summed E-state index contributed by atoms with van der Waals surface area (Å²) in [5.74, 6) is 0. The standard InChI is InChI=1S/C12H21ClN2S/c1-12(2,3)14-7-8-15(4)9-10-5-6-11(13)16-10/h5-6,14H,7-9H2,1-4H3. The molecule has 1 N–H and O–H groups in total. The Hall–Kier alpha value is -0.0900. The second-order valence-electron chi connectivity index (χ2n) is 5.12. The van der Waals surface area contributed by atoms with Crippen LogP contribution in [0.25, 0.3) is 0 Å². The first-order valence-corrected chi connectivity index (χ1v) is 6.74. The minimum atomic E-state index is 0.201. The van der Waals surface area contributed by atoms with E-state index >= 15 is 0 Å². The Morgan fingerprint density at radius 3 is 2.56 bits per heavy atom. The van der Waals surface area contributed by atoms with Crippen LogP contribution in [0.1, 0.15) is 25.6 Å². The molecule has 0 fully saturated rings. The molecule has 1 aromatic heterocycles. The maximum absolute atomic E-state index is 5.90. The van der Waals surface area contributed by atoms with E-state index in [1.807, 2.05) is 6.07 Å². The lowest BCUT2D eigenvalue weighted by Crippen LogP contribution is -2.40. The van der Waals surface area contributed by atoms with Gasteiger partial charge < -0.3 is 10.2 Å². The molecule has 0 bridgehead atoms. The van der Waals surface area contributed by atoms with Crippen LogP contribution in [-0.2, 0) is 6.54 Å². The molecule has 1 aromatic rings. The summed E-state index contributed by atoms with van der Waals surface area (Å²) in [6, 6.07) is 4.06. The zero-order chi connectivity index (χ0) is 12.2. The van der Waals surface area contributed by atoms with Gasteiger partial charge in [-0.3, -0.25) is 0 Å². The van der Waals surface area contributed by atoms with Crippen molar-refractivity contribution in [3.8, 4) is 0 Å². The number of likely N-dealkylation sites (N-methyl/N-ethyl adjacent to an activating group) is 1. The van der Waals surface area contributed by atoms with Gasteiger partial charge in [0.05, 0.1) is 4.34 Å². The van der Waals surface area contributed by atoms with E-state index in [9.17, 15) is 0 Å². The minimum Gasteiger partial charge on any atom is -0.311 e. The Bertz CT molecular complexity index is 317. The highest BCUT2D eigenvalue weighted by Crippen LogP contribution is 2.22. The molecule has 0 amide bonds. The summed E-state index contributed by atoms with van der Waals surface area (Å²) < 4.78 is 0.871. The van der Waals surface area contributed by atoms with Gasteiger partial charge in [0.25, 0.3) is 0 Å². The Kier molecular flexibility index (Phi) is 5.25. The third-order valence-corrected chi connectivity index (χ3v) is 3.42. The second-order valence-corrected chi connectivity index (χ2v) is 6.92. The molecule has 0 aromatic carbocycles. The zero-order valence-electron chi connectivity index (χ0n) is 10.5. The summed E-state index contributed by atoms with van der Waals surface area (Å²) >= 11 is 7.55. The molecule has 0 saturated carbocycles. The molecule has 0 saturated heterocycles. The number of thiophene rings is 1. The highest BCUT2D eigenvalue weighted by Gasteiger charge is 2.09. The maximum Gasteiger partial charge on any atom is 0.0931 e. The van der Waals surface area contributed by atoms with Crippen molar-refractivity contribution in [2.45, 2.75) is 32.9 Å². The molecular weight excluding hydrogens is 240 g/mol. The first kappa shape index (κ1) is 14.0. The summed E-state index contributed by atoms with van der Waals surface area (Å²) in [5, 5.41) is 3.48. The van der Waals surface area contributed by atoms with Gasteiger partial charge >= 0.3 is 0 Å². The Morgan fingerprint density at radius 1 is 1.38 bits per heavy atom. The van der Waals surface area contributed by atoms with Crippen molar-refractivity contribution in [2.24, 2.45) is 0 Å². The summed E-state index contributed by atoms with van der Waals surface area (Å²) in [6.45, 7) is 9.60. The van der Waals surface area contributed by atoms with Crippen LogP contribution in [0.5, 0.6) is 0 Å². The molecule has 92 valence electrons. The van der Waals surface area contributed by atoms with Gasteiger partial charge in [-0.25, -0.2) is 0 Å². The summed E-state index contributed by atoms with van der Waals surface area (Å²) in [6.07, 6.45) is 0. The molecule has 1 rings (SSSR count). The maximum atomic E-state index is 5.90. The summed E-state index contributed by atoms with van der Waals surface area (Å²) in [5.41, 5.74) is 0.201. The van der Waals surface area contributed by atoms with Gasteiger partial charge in [0.15, 0.2) is 0 Å². The van der Waals surface area contributed by atoms with E-state index in [2.05, 4.69) is 44.1 Å². The topological polar surface area (TPSA) is 15.3 Å². The zero-order valence-corrected chi connectivity index (χ0v) is 12.1. The lowest BCUT2D eigenvalue weighted by atomic mass is 10.1. The van der Waals surface area contributed by atoms with Crippen LogP contribution in [0.3, 0.4) is 0 Å². The number of halogens is 1. The molecule has 0 aliphatic rings. The molecular formula is C12H21ClN2S. The van der Waals surface area contributed by atoms with Crippen molar-refractivity contribution < 1.29 is 0 Å². The fourth-order valence-electron chi connectivity index (χ4n) is 1.40. The quantitative estimate of drug-likeness (QED) is 0.875. The van der Waals surface area contributed by atoms with E-state index in [0.29, 0.717) is 0 Å². The van der Waals surface area contributed by atoms with Crippen molar-refractivity contribution in [2.75, 3.05) is 20.1 Å². The molecule has 0 spiro atoms. The van der Waals surface area contributed by atoms with Crippen LogP contribution in [0.2, 0.25) is 4.34 Å². The molecule has 0 unspecified atom stereocenters. The van der Waals surface area contributed by atoms with Gasteiger partial charge in [-0.2, -0.15) is 0 Å². The van der Waals surface area contributed by atoms with E-state index in [-0.39, 0.29) is 5.54 Å². The minimum absolute atomic E-state index is 0.201. The Morgan fingerprint density at radius 2 is 2.06 bits per heavy atom. The number of hydrogen-bond donors (Lipinski definition) is 1. The largest absolute Gasteiger partial charge is 0.311 e. The summed E-state index contributed by atoms with van der Waals surface area (Å²) in [7, 11) is 2.14. The lowest BCUT2D eigenvalue weighted by molar-refractivity contribution is 0.305. The highest BCUT2D eigenvalue weighted by atomic mass is 35.5. The molecule has 4 heteroatoms. The third kappa shape index (κ3) is 5.85. The van der Waals surface area contributed by atoms with Gasteiger partial charge in [0.2, 0.25) is 0 Å². The van der Waals surface area contributed by atoms with Gasteiger partial charge in [-0.15, -0.1) is 11.3 Å². The average molecular weight is 261 g/mol. The molecule has 0 atom stereocenters. The van der Waals surface area contributed by atoms with Crippen molar-refractivity contribution in [1.82, 2.24) is 10.2 Å². The van der Waals surface area contributed by atoms with E-state index in [1.54, 1.807) is 11.3 Å². The smallest absolute Gasteiger partial charge is 0.0931 e. The lowest BCUT2D eigenvalue weighted by Gasteiger charge is -2.23. The van der Waals surface area contributed by atoms with E-state index < -0.39 is 0 Å². The van der Waals surface area contributed by atoms with Crippen LogP contribution in [0.4, 0.5) is 0 Å². The SMILES string of the molecule is CN(CCNC(C)(C)C)Cc1ccc(Cl)s1. The van der Waals surface area contributed by atoms with Crippen molar-refractivity contribution in [3.63, 3.8) is 0 Å². The average Bonchev–Trinajstić information content (AvgIpc) is 2.48. The van der Waals surface area contributed by atoms with Gasteiger partial charge in [-0.05, 0) is 40.0 Å². The van der Waals surface area contributed by atoms with E-state index in [0.717, 1.165) is 24.0 Å². The summed E-state index contributed by atoms with van der Waals surface area (Å²) in [4.78, 5) is 3.63. The fourth-order valence-corrected chi connectivity index (χ4v) is 2.57. The predicted octanol–water partition coefficient (Wildman–Crippen LogP) is 3.22. The van der Waals surface area contributed by atoms with Crippen LogP contribution in [-0.4, -0.2) is 30.6 Å². The Labute approximate surface area is 108 Å². The van der Waals surface area contributed by atoms with Crippen molar-refractivity contribution in [3.05, 3.63) is 21.3 Å². The Balaban J connectivity index is 2.23. The van der Waals surface area contributed by atoms with Crippen LogP contribution in [0, 0.1) is 0 Å². The van der Waals surface area contributed by atoms with Gasteiger partial charge in [0.1, 0.15) is 0 Å². The van der Waals surface area contributed by atoms with Crippen molar-refractivity contribution in [1.29, 1.82) is 0 Å². The fraction of sp³-hybridized carbons (Fsp3) is 0.667. The van der Waals surface area contributed by atoms with E-state index in [4.69, 9.17) is 11.6 Å². The molecule has 0 aliphatic carbocycles. The van der Waals surface area contributed by atoms with Crippen LogP contribution < -0.4 is 5.32 Å². The van der Waals surface area contributed by atoms with Crippen LogP contribution >= 0.6 is 22.9 Å². The molecule has 0 radical (unpaired) electrons. The molecule has 2 nitrogen and oxygen atoms in total. The number of nitrogens with one attached hydrogen (secondary N) is 1. The van der Waals surface area contributed by atoms with E-state index in [1.165, 1.54) is 4.88 Å². The highest BCUT2D eigenvalue weighted by molar-refractivity contribution is 7.16. The normalized spacial score (nSPS) is 12.4.